The SMILES string of the molecule is O=S1(=O)CCC(Nc2ncnc3c2cnn3-c2ccccn2)C1. The van der Waals surface area contributed by atoms with Crippen LogP contribution in [0.3, 0.4) is 0 Å². The summed E-state index contributed by atoms with van der Waals surface area (Å²) >= 11 is 0. The summed E-state index contributed by atoms with van der Waals surface area (Å²) < 4.78 is 24.8. The van der Waals surface area contributed by atoms with Gasteiger partial charge in [-0.05, 0) is 18.6 Å². The summed E-state index contributed by atoms with van der Waals surface area (Å²) in [5, 5.41) is 8.26. The van der Waals surface area contributed by atoms with Crippen molar-refractivity contribution >= 4 is 26.7 Å². The van der Waals surface area contributed by atoms with Crippen LogP contribution in [0.2, 0.25) is 0 Å². The summed E-state index contributed by atoms with van der Waals surface area (Å²) in [5.74, 6) is 1.61. The molecule has 23 heavy (non-hydrogen) atoms. The number of nitrogens with one attached hydrogen (secondary N) is 1. The van der Waals surface area contributed by atoms with Crippen molar-refractivity contribution in [2.24, 2.45) is 0 Å². The zero-order valence-corrected chi connectivity index (χ0v) is 12.9. The van der Waals surface area contributed by atoms with Gasteiger partial charge >= 0.3 is 0 Å². The molecule has 3 aromatic heterocycles. The molecule has 1 fully saturated rings. The Labute approximate surface area is 132 Å². The van der Waals surface area contributed by atoms with E-state index < -0.39 is 9.84 Å². The van der Waals surface area contributed by atoms with E-state index in [0.717, 1.165) is 5.39 Å². The number of anilines is 1. The minimum Gasteiger partial charge on any atom is -0.366 e. The van der Waals surface area contributed by atoms with E-state index in [1.165, 1.54) is 6.33 Å². The first-order valence-corrected chi connectivity index (χ1v) is 9.02. The maximum absolute atomic E-state index is 11.6. The number of pyridine rings is 1. The minimum absolute atomic E-state index is 0.128. The Morgan fingerprint density at radius 2 is 2.13 bits per heavy atom. The third-order valence-corrected chi connectivity index (χ3v) is 5.57. The molecule has 9 heteroatoms. The first-order valence-electron chi connectivity index (χ1n) is 7.19. The molecule has 1 aliphatic heterocycles. The van der Waals surface area contributed by atoms with Gasteiger partial charge in [0.1, 0.15) is 12.1 Å². The minimum atomic E-state index is -2.94. The molecular formula is C14H14N6O2S. The molecule has 1 atom stereocenters. The molecule has 0 radical (unpaired) electrons. The first-order chi connectivity index (χ1) is 11.1. The van der Waals surface area contributed by atoms with Crippen molar-refractivity contribution < 1.29 is 8.42 Å². The van der Waals surface area contributed by atoms with Crippen LogP contribution in [0.15, 0.2) is 36.9 Å². The predicted molar refractivity (Wildman–Crippen MR) is 85.1 cm³/mol. The van der Waals surface area contributed by atoms with Crippen LogP contribution in [0.1, 0.15) is 6.42 Å². The molecule has 1 N–H and O–H groups in total. The number of aromatic nitrogens is 5. The number of hydrogen-bond donors (Lipinski definition) is 1. The predicted octanol–water partition coefficient (Wildman–Crippen LogP) is 0.809. The van der Waals surface area contributed by atoms with Crippen molar-refractivity contribution in [2.75, 3.05) is 16.8 Å². The highest BCUT2D eigenvalue weighted by molar-refractivity contribution is 7.91. The van der Waals surface area contributed by atoms with E-state index in [1.807, 2.05) is 18.2 Å². The molecule has 0 amide bonds. The van der Waals surface area contributed by atoms with Crippen LogP contribution < -0.4 is 5.32 Å². The number of rotatable bonds is 3. The topological polar surface area (TPSA) is 103 Å². The van der Waals surface area contributed by atoms with Gasteiger partial charge in [0.2, 0.25) is 0 Å². The van der Waals surface area contributed by atoms with Crippen LogP contribution in [-0.4, -0.2) is 50.7 Å². The van der Waals surface area contributed by atoms with Gasteiger partial charge in [0.05, 0.1) is 23.1 Å². The molecular weight excluding hydrogens is 316 g/mol. The second kappa shape index (κ2) is 5.27. The highest BCUT2D eigenvalue weighted by Crippen LogP contribution is 2.23. The van der Waals surface area contributed by atoms with Crippen molar-refractivity contribution in [2.45, 2.75) is 12.5 Å². The van der Waals surface area contributed by atoms with E-state index in [4.69, 9.17) is 0 Å². The van der Waals surface area contributed by atoms with Gasteiger partial charge in [-0.1, -0.05) is 6.07 Å². The molecule has 3 aromatic rings. The van der Waals surface area contributed by atoms with Crippen molar-refractivity contribution in [3.05, 3.63) is 36.9 Å². The second-order valence-corrected chi connectivity index (χ2v) is 7.68. The molecule has 0 aromatic carbocycles. The van der Waals surface area contributed by atoms with Gasteiger partial charge in [0, 0.05) is 12.2 Å². The number of nitrogens with zero attached hydrogens (tertiary/aromatic N) is 5. The second-order valence-electron chi connectivity index (χ2n) is 5.45. The average molecular weight is 330 g/mol. The number of fused-ring (bicyclic) bond motifs is 1. The molecule has 4 rings (SSSR count). The van der Waals surface area contributed by atoms with Gasteiger partial charge in [-0.3, -0.25) is 0 Å². The van der Waals surface area contributed by atoms with Gasteiger partial charge in [-0.25, -0.2) is 23.4 Å². The monoisotopic (exact) mass is 330 g/mol. The Bertz CT molecular complexity index is 954. The summed E-state index contributed by atoms with van der Waals surface area (Å²) in [7, 11) is -2.94. The van der Waals surface area contributed by atoms with Crippen molar-refractivity contribution in [1.82, 2.24) is 24.7 Å². The maximum Gasteiger partial charge on any atom is 0.170 e. The summed E-state index contributed by atoms with van der Waals surface area (Å²) in [5.41, 5.74) is 0.627. The zero-order valence-electron chi connectivity index (χ0n) is 12.1. The van der Waals surface area contributed by atoms with E-state index in [2.05, 4.69) is 25.4 Å². The largest absolute Gasteiger partial charge is 0.366 e. The Hall–Kier alpha value is -2.55. The molecule has 1 unspecified atom stereocenters. The normalized spacial score (nSPS) is 19.9. The molecule has 4 heterocycles. The summed E-state index contributed by atoms with van der Waals surface area (Å²) in [4.78, 5) is 12.8. The molecule has 1 saturated heterocycles. The van der Waals surface area contributed by atoms with E-state index in [9.17, 15) is 8.42 Å². The van der Waals surface area contributed by atoms with E-state index in [1.54, 1.807) is 17.1 Å². The van der Waals surface area contributed by atoms with Gasteiger partial charge in [0.25, 0.3) is 0 Å². The van der Waals surface area contributed by atoms with E-state index >= 15 is 0 Å². The Morgan fingerprint density at radius 1 is 1.22 bits per heavy atom. The first kappa shape index (κ1) is 14.1. The van der Waals surface area contributed by atoms with Crippen LogP contribution in [-0.2, 0) is 9.84 Å². The molecule has 0 aliphatic carbocycles. The fourth-order valence-electron chi connectivity index (χ4n) is 2.71. The summed E-state index contributed by atoms with van der Waals surface area (Å²) in [6, 6.07) is 5.42. The molecule has 118 valence electrons. The molecule has 0 spiro atoms. The Morgan fingerprint density at radius 3 is 2.87 bits per heavy atom. The highest BCUT2D eigenvalue weighted by atomic mass is 32.2. The third-order valence-electron chi connectivity index (χ3n) is 3.81. The van der Waals surface area contributed by atoms with Crippen molar-refractivity contribution in [3.8, 4) is 5.82 Å². The lowest BCUT2D eigenvalue weighted by molar-refractivity contribution is 0.602. The van der Waals surface area contributed by atoms with Crippen LogP contribution >= 0.6 is 0 Å². The van der Waals surface area contributed by atoms with Crippen molar-refractivity contribution in [1.29, 1.82) is 0 Å². The van der Waals surface area contributed by atoms with Crippen LogP contribution in [0, 0.1) is 0 Å². The van der Waals surface area contributed by atoms with Gasteiger partial charge in [-0.2, -0.15) is 9.78 Å². The molecule has 0 saturated carbocycles. The number of sulfone groups is 1. The lowest BCUT2D eigenvalue weighted by Gasteiger charge is -2.11. The quantitative estimate of drug-likeness (QED) is 0.758. The fraction of sp³-hybridized carbons (Fsp3) is 0.286. The summed E-state index contributed by atoms with van der Waals surface area (Å²) in [6.45, 7) is 0. The lowest BCUT2D eigenvalue weighted by atomic mass is 10.2. The molecule has 8 nitrogen and oxygen atoms in total. The van der Waals surface area contributed by atoms with Crippen LogP contribution in [0.25, 0.3) is 16.9 Å². The Balaban J connectivity index is 1.71. The van der Waals surface area contributed by atoms with E-state index in [-0.39, 0.29) is 17.5 Å². The highest BCUT2D eigenvalue weighted by Gasteiger charge is 2.28. The Kier molecular flexibility index (Phi) is 3.22. The van der Waals surface area contributed by atoms with Gasteiger partial charge in [0.15, 0.2) is 21.3 Å². The van der Waals surface area contributed by atoms with E-state index in [0.29, 0.717) is 23.7 Å². The molecule has 0 bridgehead atoms. The lowest BCUT2D eigenvalue weighted by Crippen LogP contribution is -2.21. The maximum atomic E-state index is 11.6. The zero-order chi connectivity index (χ0) is 15.9. The van der Waals surface area contributed by atoms with Crippen molar-refractivity contribution in [3.63, 3.8) is 0 Å². The van der Waals surface area contributed by atoms with Crippen LogP contribution in [0.5, 0.6) is 0 Å². The fourth-order valence-corrected chi connectivity index (χ4v) is 4.38. The smallest absolute Gasteiger partial charge is 0.170 e. The number of hydrogen-bond acceptors (Lipinski definition) is 7. The van der Waals surface area contributed by atoms with Gasteiger partial charge in [-0.15, -0.1) is 0 Å². The molecule has 1 aliphatic rings. The third kappa shape index (κ3) is 2.63. The van der Waals surface area contributed by atoms with Gasteiger partial charge < -0.3 is 5.32 Å². The average Bonchev–Trinajstić information content (AvgIpc) is 3.12. The van der Waals surface area contributed by atoms with Crippen LogP contribution in [0.4, 0.5) is 5.82 Å². The summed E-state index contributed by atoms with van der Waals surface area (Å²) in [6.07, 6.45) is 5.37. The standard InChI is InChI=1S/C14H14N6O2S/c21-23(22)6-4-10(8-23)19-13-11-7-18-20(14(11)17-9-16-13)12-3-1-2-5-15-12/h1-3,5,7,9-10H,4,6,8H2,(H,16,17,19).